The standard InChI is InChI=1S/C9H13NO2/c1-2-5-8-6-3-4-7-10(8)9(11)12/h1,8H,3-7H2,(H,11,12). The van der Waals surface area contributed by atoms with Crippen LogP contribution in [0.25, 0.3) is 0 Å². The first kappa shape index (κ1) is 8.92. The van der Waals surface area contributed by atoms with E-state index in [1.54, 1.807) is 0 Å². The summed E-state index contributed by atoms with van der Waals surface area (Å²) in [6.45, 7) is 0.641. The van der Waals surface area contributed by atoms with Gasteiger partial charge in [-0.25, -0.2) is 4.79 Å². The quantitative estimate of drug-likeness (QED) is 0.602. The predicted octanol–water partition coefficient (Wildman–Crippen LogP) is 1.54. The average Bonchev–Trinajstić information content (AvgIpc) is 2.05. The van der Waals surface area contributed by atoms with Gasteiger partial charge in [-0.15, -0.1) is 12.3 Å². The molecule has 1 aliphatic rings. The minimum absolute atomic E-state index is 0.0567. The summed E-state index contributed by atoms with van der Waals surface area (Å²) in [5, 5.41) is 8.79. The van der Waals surface area contributed by atoms with Crippen LogP contribution in [0.2, 0.25) is 0 Å². The monoisotopic (exact) mass is 167 g/mol. The van der Waals surface area contributed by atoms with E-state index in [2.05, 4.69) is 5.92 Å². The summed E-state index contributed by atoms with van der Waals surface area (Å²) in [5.74, 6) is 2.52. The molecule has 3 heteroatoms. The minimum Gasteiger partial charge on any atom is -0.465 e. The fraction of sp³-hybridized carbons (Fsp3) is 0.667. The molecule has 1 fully saturated rings. The van der Waals surface area contributed by atoms with E-state index < -0.39 is 6.09 Å². The molecule has 1 heterocycles. The molecule has 12 heavy (non-hydrogen) atoms. The highest BCUT2D eigenvalue weighted by Gasteiger charge is 2.24. The van der Waals surface area contributed by atoms with Gasteiger partial charge in [0, 0.05) is 19.0 Å². The van der Waals surface area contributed by atoms with Gasteiger partial charge in [-0.1, -0.05) is 0 Å². The van der Waals surface area contributed by atoms with Crippen LogP contribution in [0.4, 0.5) is 4.79 Å². The molecule has 1 unspecified atom stereocenters. The molecule has 1 aliphatic heterocycles. The van der Waals surface area contributed by atoms with Gasteiger partial charge < -0.3 is 10.0 Å². The van der Waals surface area contributed by atoms with Crippen LogP contribution in [-0.4, -0.2) is 28.7 Å². The summed E-state index contributed by atoms with van der Waals surface area (Å²) < 4.78 is 0. The zero-order valence-corrected chi connectivity index (χ0v) is 6.99. The molecule has 0 aromatic heterocycles. The number of carbonyl (C=O) groups is 1. The van der Waals surface area contributed by atoms with Gasteiger partial charge in [0.15, 0.2) is 0 Å². The van der Waals surface area contributed by atoms with Crippen LogP contribution in [0.3, 0.4) is 0 Å². The van der Waals surface area contributed by atoms with Gasteiger partial charge in [0.1, 0.15) is 0 Å². The van der Waals surface area contributed by atoms with E-state index >= 15 is 0 Å². The number of terminal acetylenes is 1. The van der Waals surface area contributed by atoms with Gasteiger partial charge in [0.05, 0.1) is 0 Å². The molecule has 1 N–H and O–H groups in total. The molecule has 66 valence electrons. The van der Waals surface area contributed by atoms with Crippen molar-refractivity contribution >= 4 is 6.09 Å². The van der Waals surface area contributed by atoms with Crippen molar-refractivity contribution in [2.24, 2.45) is 0 Å². The van der Waals surface area contributed by atoms with Crippen molar-refractivity contribution < 1.29 is 9.90 Å². The molecule has 0 aromatic rings. The molecule has 0 bridgehead atoms. The smallest absolute Gasteiger partial charge is 0.407 e. The van der Waals surface area contributed by atoms with Crippen molar-refractivity contribution in [3.8, 4) is 12.3 Å². The SMILES string of the molecule is C#CCC1CCCCN1C(=O)O. The van der Waals surface area contributed by atoms with Gasteiger partial charge in [-0.2, -0.15) is 0 Å². The fourth-order valence-corrected chi connectivity index (χ4v) is 1.60. The van der Waals surface area contributed by atoms with Crippen LogP contribution in [0.15, 0.2) is 0 Å². The van der Waals surface area contributed by atoms with Crippen molar-refractivity contribution in [2.45, 2.75) is 31.7 Å². The highest BCUT2D eigenvalue weighted by atomic mass is 16.4. The van der Waals surface area contributed by atoms with Gasteiger partial charge in [0.25, 0.3) is 0 Å². The summed E-state index contributed by atoms with van der Waals surface area (Å²) in [6, 6.07) is 0.0567. The number of carboxylic acid groups (broad SMARTS) is 1. The maximum Gasteiger partial charge on any atom is 0.407 e. The highest BCUT2D eigenvalue weighted by Crippen LogP contribution is 2.18. The Balaban J connectivity index is 2.55. The minimum atomic E-state index is -0.838. The van der Waals surface area contributed by atoms with Crippen molar-refractivity contribution in [1.29, 1.82) is 0 Å². The van der Waals surface area contributed by atoms with Crippen molar-refractivity contribution in [3.63, 3.8) is 0 Å². The summed E-state index contributed by atoms with van der Waals surface area (Å²) >= 11 is 0. The number of hydrogen-bond donors (Lipinski definition) is 1. The van der Waals surface area contributed by atoms with E-state index in [9.17, 15) is 4.79 Å². The van der Waals surface area contributed by atoms with E-state index in [-0.39, 0.29) is 6.04 Å². The normalized spacial score (nSPS) is 23.2. The second-order valence-corrected chi connectivity index (χ2v) is 3.03. The zero-order valence-electron chi connectivity index (χ0n) is 6.99. The summed E-state index contributed by atoms with van der Waals surface area (Å²) in [5.41, 5.74) is 0. The Hall–Kier alpha value is -1.17. The Labute approximate surface area is 72.4 Å². The number of hydrogen-bond acceptors (Lipinski definition) is 1. The number of rotatable bonds is 1. The molecule has 1 amide bonds. The third kappa shape index (κ3) is 1.91. The van der Waals surface area contributed by atoms with E-state index in [1.807, 2.05) is 0 Å². The Bertz CT molecular complexity index is 207. The van der Waals surface area contributed by atoms with Crippen LogP contribution in [0, 0.1) is 12.3 Å². The number of likely N-dealkylation sites (tertiary alicyclic amines) is 1. The third-order valence-electron chi connectivity index (χ3n) is 2.23. The lowest BCUT2D eigenvalue weighted by molar-refractivity contribution is 0.108. The molecular weight excluding hydrogens is 154 g/mol. The average molecular weight is 167 g/mol. The first-order valence-electron chi connectivity index (χ1n) is 4.18. The number of amides is 1. The van der Waals surface area contributed by atoms with E-state index in [0.717, 1.165) is 19.3 Å². The van der Waals surface area contributed by atoms with Crippen LogP contribution in [0.1, 0.15) is 25.7 Å². The lowest BCUT2D eigenvalue weighted by Crippen LogP contribution is -2.42. The van der Waals surface area contributed by atoms with E-state index in [1.165, 1.54) is 4.90 Å². The van der Waals surface area contributed by atoms with Gasteiger partial charge in [-0.05, 0) is 19.3 Å². The third-order valence-corrected chi connectivity index (χ3v) is 2.23. The molecule has 0 radical (unpaired) electrons. The maximum atomic E-state index is 10.7. The van der Waals surface area contributed by atoms with Gasteiger partial charge in [-0.3, -0.25) is 0 Å². The summed E-state index contributed by atoms with van der Waals surface area (Å²) in [4.78, 5) is 12.2. The zero-order chi connectivity index (χ0) is 8.97. The fourth-order valence-electron chi connectivity index (χ4n) is 1.60. The molecule has 0 aromatic carbocycles. The first-order chi connectivity index (χ1) is 5.75. The summed E-state index contributed by atoms with van der Waals surface area (Å²) in [6.07, 6.45) is 7.83. The van der Waals surface area contributed by atoms with Crippen LogP contribution < -0.4 is 0 Å². The molecule has 0 aliphatic carbocycles. The first-order valence-corrected chi connectivity index (χ1v) is 4.18. The Morgan fingerprint density at radius 2 is 2.42 bits per heavy atom. The van der Waals surface area contributed by atoms with Gasteiger partial charge >= 0.3 is 6.09 Å². The second kappa shape index (κ2) is 4.01. The van der Waals surface area contributed by atoms with Crippen molar-refractivity contribution in [1.82, 2.24) is 4.90 Å². The molecule has 1 saturated heterocycles. The molecular formula is C9H13NO2. The largest absolute Gasteiger partial charge is 0.465 e. The topological polar surface area (TPSA) is 40.5 Å². The summed E-state index contributed by atoms with van der Waals surface area (Å²) in [7, 11) is 0. The highest BCUT2D eigenvalue weighted by molar-refractivity contribution is 5.65. The van der Waals surface area contributed by atoms with Gasteiger partial charge in [0.2, 0.25) is 0 Å². The molecule has 0 saturated carbocycles. The Morgan fingerprint density at radius 1 is 1.67 bits per heavy atom. The van der Waals surface area contributed by atoms with Crippen molar-refractivity contribution in [2.75, 3.05) is 6.54 Å². The van der Waals surface area contributed by atoms with Crippen LogP contribution in [0.5, 0.6) is 0 Å². The Morgan fingerprint density at radius 3 is 3.00 bits per heavy atom. The number of nitrogens with zero attached hydrogens (tertiary/aromatic N) is 1. The predicted molar refractivity (Wildman–Crippen MR) is 45.8 cm³/mol. The van der Waals surface area contributed by atoms with Crippen molar-refractivity contribution in [3.05, 3.63) is 0 Å². The van der Waals surface area contributed by atoms with Crippen LogP contribution in [-0.2, 0) is 0 Å². The van der Waals surface area contributed by atoms with E-state index in [4.69, 9.17) is 11.5 Å². The van der Waals surface area contributed by atoms with Crippen LogP contribution >= 0.6 is 0 Å². The molecule has 1 rings (SSSR count). The molecule has 1 atom stereocenters. The molecule has 0 spiro atoms. The lowest BCUT2D eigenvalue weighted by Gasteiger charge is -2.32. The number of piperidine rings is 1. The Kier molecular flexibility index (Phi) is 2.98. The maximum absolute atomic E-state index is 10.7. The second-order valence-electron chi connectivity index (χ2n) is 3.03. The lowest BCUT2D eigenvalue weighted by atomic mass is 10.0. The van der Waals surface area contributed by atoms with E-state index in [0.29, 0.717) is 13.0 Å². The molecule has 3 nitrogen and oxygen atoms in total.